The first kappa shape index (κ1) is 17.2. The van der Waals surface area contributed by atoms with E-state index in [-0.39, 0.29) is 11.6 Å². The van der Waals surface area contributed by atoms with Gasteiger partial charge in [-0.3, -0.25) is 0 Å². The summed E-state index contributed by atoms with van der Waals surface area (Å²) in [5.41, 5.74) is 1.21. The predicted molar refractivity (Wildman–Crippen MR) is 103 cm³/mol. The zero-order valence-electron chi connectivity index (χ0n) is 15.4. The van der Waals surface area contributed by atoms with E-state index in [1.807, 2.05) is 0 Å². The van der Waals surface area contributed by atoms with E-state index in [0.717, 1.165) is 38.0 Å². The molecule has 4 heteroatoms. The third-order valence-electron chi connectivity index (χ3n) is 5.78. The first-order valence-electron chi connectivity index (χ1n) is 9.79. The predicted octanol–water partition coefficient (Wildman–Crippen LogP) is 5.15. The van der Waals surface area contributed by atoms with Crippen molar-refractivity contribution in [3.8, 4) is 5.75 Å². The highest BCUT2D eigenvalue weighted by Gasteiger charge is 2.45. The Kier molecular flexibility index (Phi) is 4.75. The molecule has 1 amide bonds. The molecule has 138 valence electrons. The number of cyclic esters (lactones) is 1. The van der Waals surface area contributed by atoms with Crippen LogP contribution in [-0.4, -0.2) is 24.8 Å². The number of amides is 1. The van der Waals surface area contributed by atoms with E-state index in [9.17, 15) is 4.79 Å². The van der Waals surface area contributed by atoms with Gasteiger partial charge in [0.15, 0.2) is 0 Å². The maximum atomic E-state index is 11.4. The minimum atomic E-state index is -0.268. The Balaban J connectivity index is 1.45. The number of hydrogen-bond acceptors (Lipinski definition) is 3. The Bertz CT molecular complexity index is 803. The number of carbonyl (C=O) groups excluding carboxylic acids is 1. The van der Waals surface area contributed by atoms with Gasteiger partial charge in [0.05, 0.1) is 12.1 Å². The van der Waals surface area contributed by atoms with E-state index >= 15 is 0 Å². The van der Waals surface area contributed by atoms with Crippen LogP contribution in [0.4, 0.5) is 4.79 Å². The molecule has 0 aromatic heterocycles. The lowest BCUT2D eigenvalue weighted by atomic mass is 9.92. The maximum Gasteiger partial charge on any atom is 0.407 e. The third kappa shape index (κ3) is 3.50. The van der Waals surface area contributed by atoms with Gasteiger partial charge in [-0.15, -0.1) is 0 Å². The Morgan fingerprint density at radius 1 is 1.19 bits per heavy atom. The van der Waals surface area contributed by atoms with Crippen LogP contribution < -0.4 is 10.1 Å². The number of nitrogens with one attached hydrogen (secondary N) is 1. The molecule has 2 atom stereocenters. The number of rotatable bonds is 6. The molecule has 2 aromatic carbocycles. The summed E-state index contributed by atoms with van der Waals surface area (Å²) in [5, 5.41) is 5.49. The Morgan fingerprint density at radius 2 is 2.04 bits per heavy atom. The molecule has 1 N–H and O–H groups in total. The van der Waals surface area contributed by atoms with Gasteiger partial charge in [0, 0.05) is 0 Å². The van der Waals surface area contributed by atoms with Crippen molar-refractivity contribution in [2.24, 2.45) is 0 Å². The van der Waals surface area contributed by atoms with Crippen LogP contribution in [0.5, 0.6) is 5.75 Å². The van der Waals surface area contributed by atoms with Crippen LogP contribution in [0, 0.1) is 0 Å². The minimum absolute atomic E-state index is 0.146. The molecular weight excluding hydrogens is 326 g/mol. The second-order valence-corrected chi connectivity index (χ2v) is 7.75. The fourth-order valence-corrected chi connectivity index (χ4v) is 4.28. The Hall–Kier alpha value is -2.23. The highest BCUT2D eigenvalue weighted by molar-refractivity contribution is 5.84. The van der Waals surface area contributed by atoms with Crippen molar-refractivity contribution in [2.45, 2.75) is 56.9 Å². The van der Waals surface area contributed by atoms with E-state index in [4.69, 9.17) is 9.47 Å². The molecule has 0 radical (unpaired) electrons. The molecule has 2 aromatic rings. The van der Waals surface area contributed by atoms with Crippen LogP contribution in [0.3, 0.4) is 0 Å². The van der Waals surface area contributed by atoms with E-state index in [1.165, 1.54) is 29.2 Å². The highest BCUT2D eigenvalue weighted by Crippen LogP contribution is 2.43. The second kappa shape index (κ2) is 7.18. The van der Waals surface area contributed by atoms with Gasteiger partial charge in [-0.05, 0) is 60.1 Å². The highest BCUT2D eigenvalue weighted by atomic mass is 16.6. The van der Waals surface area contributed by atoms with E-state index in [0.29, 0.717) is 12.5 Å². The van der Waals surface area contributed by atoms with Gasteiger partial charge in [0.1, 0.15) is 12.4 Å². The molecule has 0 unspecified atom stereocenters. The first-order valence-corrected chi connectivity index (χ1v) is 9.79. The quantitative estimate of drug-likeness (QED) is 0.730. The van der Waals surface area contributed by atoms with Gasteiger partial charge >= 0.3 is 6.09 Å². The number of unbranched alkanes of at least 4 members (excludes halogenated alkanes) is 2. The molecule has 1 spiro atoms. The van der Waals surface area contributed by atoms with Crippen molar-refractivity contribution in [1.29, 1.82) is 0 Å². The average molecular weight is 353 g/mol. The van der Waals surface area contributed by atoms with Crippen LogP contribution in [0.15, 0.2) is 36.4 Å². The second-order valence-electron chi connectivity index (χ2n) is 7.75. The molecule has 1 heterocycles. The molecule has 4 rings (SSSR count). The van der Waals surface area contributed by atoms with Gasteiger partial charge in [0.2, 0.25) is 0 Å². The molecule has 1 aliphatic heterocycles. The van der Waals surface area contributed by atoms with Crippen molar-refractivity contribution in [3.05, 3.63) is 42.0 Å². The number of alkyl carbamates (subject to hydrolysis) is 1. The van der Waals surface area contributed by atoms with Crippen LogP contribution in [0.1, 0.15) is 56.9 Å². The van der Waals surface area contributed by atoms with Crippen molar-refractivity contribution in [3.63, 3.8) is 0 Å². The Morgan fingerprint density at radius 3 is 2.85 bits per heavy atom. The van der Waals surface area contributed by atoms with E-state index in [1.54, 1.807) is 0 Å². The van der Waals surface area contributed by atoms with Gasteiger partial charge < -0.3 is 14.8 Å². The largest absolute Gasteiger partial charge is 0.494 e. The monoisotopic (exact) mass is 353 g/mol. The SMILES string of the molecule is CCCCCOc1ccc2cc([C@@H]3CC[C@]4(COC(=O)N4)C3)ccc2c1. The summed E-state index contributed by atoms with van der Waals surface area (Å²) < 4.78 is 11.0. The van der Waals surface area contributed by atoms with Crippen LogP contribution in [0.25, 0.3) is 10.8 Å². The van der Waals surface area contributed by atoms with Crippen molar-refractivity contribution >= 4 is 16.9 Å². The standard InChI is InChI=1S/C22H27NO3/c1-2-3-4-11-25-20-8-7-16-12-17(5-6-18(16)13-20)19-9-10-22(14-19)15-26-21(24)23-22/h5-8,12-13,19H,2-4,9-11,14-15H2,1H3,(H,23,24)/t19-,22-/m1/s1. The lowest BCUT2D eigenvalue weighted by Crippen LogP contribution is -2.40. The van der Waals surface area contributed by atoms with Crippen LogP contribution in [0.2, 0.25) is 0 Å². The van der Waals surface area contributed by atoms with Crippen LogP contribution in [-0.2, 0) is 4.74 Å². The lowest BCUT2D eigenvalue weighted by molar-refractivity contribution is 0.172. The number of benzene rings is 2. The maximum absolute atomic E-state index is 11.4. The first-order chi connectivity index (χ1) is 12.7. The molecular formula is C22H27NO3. The topological polar surface area (TPSA) is 47.6 Å². The van der Waals surface area contributed by atoms with Gasteiger partial charge in [-0.1, -0.05) is 44.0 Å². The number of ether oxygens (including phenoxy) is 2. The smallest absolute Gasteiger partial charge is 0.407 e. The van der Waals surface area contributed by atoms with E-state index < -0.39 is 0 Å². The molecule has 1 saturated heterocycles. The van der Waals surface area contributed by atoms with Crippen LogP contribution >= 0.6 is 0 Å². The van der Waals surface area contributed by atoms with E-state index in [2.05, 4.69) is 48.6 Å². The average Bonchev–Trinajstić information content (AvgIpc) is 3.24. The van der Waals surface area contributed by atoms with Crippen molar-refractivity contribution in [2.75, 3.05) is 13.2 Å². The molecule has 26 heavy (non-hydrogen) atoms. The fraction of sp³-hybridized carbons (Fsp3) is 0.500. The summed E-state index contributed by atoms with van der Waals surface area (Å²) in [4.78, 5) is 11.4. The molecule has 1 saturated carbocycles. The number of hydrogen-bond donors (Lipinski definition) is 1. The summed E-state index contributed by atoms with van der Waals surface area (Å²) in [6.07, 6.45) is 6.31. The van der Waals surface area contributed by atoms with Gasteiger partial charge in [-0.25, -0.2) is 4.79 Å². The summed E-state index contributed by atoms with van der Waals surface area (Å²) in [6.45, 7) is 3.50. The molecule has 2 fully saturated rings. The number of carbonyl (C=O) groups is 1. The summed E-state index contributed by atoms with van der Waals surface area (Å²) in [7, 11) is 0. The molecule has 4 nitrogen and oxygen atoms in total. The van der Waals surface area contributed by atoms with Crippen molar-refractivity contribution < 1.29 is 14.3 Å². The molecule has 1 aliphatic carbocycles. The summed E-state index contributed by atoms with van der Waals surface area (Å²) >= 11 is 0. The molecule has 0 bridgehead atoms. The van der Waals surface area contributed by atoms with Gasteiger partial charge in [0.25, 0.3) is 0 Å². The zero-order valence-corrected chi connectivity index (χ0v) is 15.4. The lowest BCUT2D eigenvalue weighted by Gasteiger charge is -2.20. The zero-order chi connectivity index (χ0) is 18.0. The Labute approximate surface area is 154 Å². The summed E-state index contributed by atoms with van der Waals surface area (Å²) in [5.74, 6) is 1.43. The normalized spacial score (nSPS) is 24.8. The minimum Gasteiger partial charge on any atom is -0.494 e. The van der Waals surface area contributed by atoms with Gasteiger partial charge in [-0.2, -0.15) is 0 Å². The summed E-state index contributed by atoms with van der Waals surface area (Å²) in [6, 6.07) is 13.1. The molecule has 2 aliphatic rings. The fourth-order valence-electron chi connectivity index (χ4n) is 4.28. The third-order valence-corrected chi connectivity index (χ3v) is 5.78. The van der Waals surface area contributed by atoms with Crippen molar-refractivity contribution in [1.82, 2.24) is 5.32 Å². The number of fused-ring (bicyclic) bond motifs is 1.